The maximum atomic E-state index is 12.2. The zero-order valence-corrected chi connectivity index (χ0v) is 11.7. The Labute approximate surface area is 127 Å². The van der Waals surface area contributed by atoms with E-state index in [-0.39, 0.29) is 18.5 Å². The van der Waals surface area contributed by atoms with E-state index in [1.54, 1.807) is 48.5 Å². The summed E-state index contributed by atoms with van der Waals surface area (Å²) < 4.78 is 0. The molecular formula is C16H14N4O2. The van der Waals surface area contributed by atoms with Crippen LogP contribution in [0.4, 0.5) is 0 Å². The van der Waals surface area contributed by atoms with E-state index in [9.17, 15) is 9.59 Å². The van der Waals surface area contributed by atoms with Gasteiger partial charge in [0.15, 0.2) is 0 Å². The zero-order chi connectivity index (χ0) is 15.4. The van der Waals surface area contributed by atoms with Crippen LogP contribution in [-0.4, -0.2) is 34.8 Å². The summed E-state index contributed by atoms with van der Waals surface area (Å²) >= 11 is 0. The van der Waals surface area contributed by atoms with Gasteiger partial charge in [0.25, 0.3) is 11.8 Å². The number of amides is 2. The summed E-state index contributed by atoms with van der Waals surface area (Å²) in [6, 6.07) is 17.7. The predicted molar refractivity (Wildman–Crippen MR) is 81.7 cm³/mol. The Hall–Kier alpha value is -3.15. The van der Waals surface area contributed by atoms with Crippen molar-refractivity contribution in [2.45, 2.75) is 0 Å². The quantitative estimate of drug-likeness (QED) is 0.937. The summed E-state index contributed by atoms with van der Waals surface area (Å²) in [6.45, 7) is 0.173. The SMILES string of the molecule is O=C(NN1C=NN(C(=O)c2ccccc2)C1)c1ccccc1. The van der Waals surface area contributed by atoms with Crippen LogP contribution in [0.2, 0.25) is 0 Å². The van der Waals surface area contributed by atoms with Gasteiger partial charge in [0.05, 0.1) is 0 Å². The summed E-state index contributed by atoms with van der Waals surface area (Å²) in [5, 5.41) is 6.77. The van der Waals surface area contributed by atoms with Crippen LogP contribution in [0.1, 0.15) is 20.7 Å². The molecule has 3 rings (SSSR count). The molecule has 2 amide bonds. The molecule has 0 aliphatic carbocycles. The first-order valence-electron chi connectivity index (χ1n) is 6.78. The lowest BCUT2D eigenvalue weighted by atomic mass is 10.2. The third kappa shape index (κ3) is 2.95. The van der Waals surface area contributed by atoms with Crippen molar-refractivity contribution in [1.29, 1.82) is 0 Å². The number of carbonyl (C=O) groups is 2. The molecule has 1 heterocycles. The molecule has 0 aromatic heterocycles. The predicted octanol–water partition coefficient (Wildman–Crippen LogP) is 1.69. The van der Waals surface area contributed by atoms with Gasteiger partial charge in [-0.3, -0.25) is 20.0 Å². The molecule has 0 fully saturated rings. The first kappa shape index (κ1) is 13.8. The molecular weight excluding hydrogens is 280 g/mol. The van der Waals surface area contributed by atoms with Crippen molar-refractivity contribution in [2.75, 3.05) is 6.67 Å². The molecule has 0 saturated heterocycles. The molecule has 1 N–H and O–H groups in total. The highest BCUT2D eigenvalue weighted by Crippen LogP contribution is 2.09. The van der Waals surface area contributed by atoms with Crippen LogP contribution in [0.15, 0.2) is 65.8 Å². The van der Waals surface area contributed by atoms with Crippen molar-refractivity contribution in [1.82, 2.24) is 15.4 Å². The summed E-state index contributed by atoms with van der Waals surface area (Å²) in [5.74, 6) is -0.464. The summed E-state index contributed by atoms with van der Waals surface area (Å²) in [4.78, 5) is 24.3. The Morgan fingerprint density at radius 1 is 0.909 bits per heavy atom. The van der Waals surface area contributed by atoms with Gasteiger partial charge < -0.3 is 0 Å². The number of rotatable bonds is 3. The van der Waals surface area contributed by atoms with Crippen molar-refractivity contribution in [3.05, 3.63) is 71.8 Å². The second kappa shape index (κ2) is 6.09. The van der Waals surface area contributed by atoms with Gasteiger partial charge in [0.2, 0.25) is 0 Å². The van der Waals surface area contributed by atoms with Gasteiger partial charge in [-0.2, -0.15) is 5.10 Å². The van der Waals surface area contributed by atoms with E-state index in [4.69, 9.17) is 0 Å². The molecule has 6 heteroatoms. The maximum absolute atomic E-state index is 12.2. The molecule has 0 bridgehead atoms. The van der Waals surface area contributed by atoms with E-state index in [0.29, 0.717) is 11.1 Å². The second-order valence-electron chi connectivity index (χ2n) is 4.72. The summed E-state index contributed by atoms with van der Waals surface area (Å²) in [5.41, 5.74) is 3.78. The average molecular weight is 294 g/mol. The van der Waals surface area contributed by atoms with Crippen molar-refractivity contribution in [3.8, 4) is 0 Å². The number of benzene rings is 2. The molecule has 22 heavy (non-hydrogen) atoms. The number of hydrogen-bond donors (Lipinski definition) is 1. The molecule has 2 aromatic carbocycles. The summed E-state index contributed by atoms with van der Waals surface area (Å²) in [6.07, 6.45) is 1.42. The number of nitrogens with one attached hydrogen (secondary N) is 1. The maximum Gasteiger partial charge on any atom is 0.275 e. The lowest BCUT2D eigenvalue weighted by Gasteiger charge is -2.18. The van der Waals surface area contributed by atoms with Gasteiger partial charge in [-0.1, -0.05) is 36.4 Å². The molecule has 0 unspecified atom stereocenters. The fraction of sp³-hybridized carbons (Fsp3) is 0.0625. The molecule has 1 aliphatic rings. The van der Waals surface area contributed by atoms with E-state index in [0.717, 1.165) is 0 Å². The van der Waals surface area contributed by atoms with Crippen molar-refractivity contribution in [3.63, 3.8) is 0 Å². The Morgan fingerprint density at radius 3 is 2.14 bits per heavy atom. The molecule has 6 nitrogen and oxygen atoms in total. The normalized spacial score (nSPS) is 13.3. The molecule has 0 saturated carbocycles. The third-order valence-electron chi connectivity index (χ3n) is 3.15. The molecule has 0 radical (unpaired) electrons. The largest absolute Gasteiger partial charge is 0.275 e. The fourth-order valence-corrected chi connectivity index (χ4v) is 2.04. The highest BCUT2D eigenvalue weighted by molar-refractivity contribution is 5.96. The lowest BCUT2D eigenvalue weighted by Crippen LogP contribution is -2.43. The van der Waals surface area contributed by atoms with Crippen LogP contribution >= 0.6 is 0 Å². The van der Waals surface area contributed by atoms with Crippen LogP contribution in [-0.2, 0) is 0 Å². The minimum Gasteiger partial charge on any atom is -0.267 e. The molecule has 1 aliphatic heterocycles. The van der Waals surface area contributed by atoms with Crippen molar-refractivity contribution in [2.24, 2.45) is 5.10 Å². The molecule has 0 spiro atoms. The average Bonchev–Trinajstić information content (AvgIpc) is 3.04. The van der Waals surface area contributed by atoms with Crippen LogP contribution in [0.25, 0.3) is 0 Å². The van der Waals surface area contributed by atoms with Gasteiger partial charge in [0, 0.05) is 11.1 Å². The topological polar surface area (TPSA) is 65.0 Å². The standard InChI is InChI=1S/C16H14N4O2/c21-15(13-7-3-1-4-8-13)18-19-11-17-20(12-19)16(22)14-9-5-2-6-10-14/h1-11H,12H2,(H,18,21). The number of hydrazone groups is 1. The first-order valence-corrected chi connectivity index (χ1v) is 6.78. The number of carbonyl (C=O) groups excluding carboxylic acids is 2. The van der Waals surface area contributed by atoms with E-state index in [1.807, 2.05) is 12.1 Å². The summed E-state index contributed by atoms with van der Waals surface area (Å²) in [7, 11) is 0. The molecule has 2 aromatic rings. The fourth-order valence-electron chi connectivity index (χ4n) is 2.04. The molecule has 0 atom stereocenters. The third-order valence-corrected chi connectivity index (χ3v) is 3.15. The highest BCUT2D eigenvalue weighted by atomic mass is 16.2. The Balaban J connectivity index is 1.60. The van der Waals surface area contributed by atoms with Gasteiger partial charge in [0.1, 0.15) is 13.0 Å². The van der Waals surface area contributed by atoms with E-state index in [2.05, 4.69) is 10.5 Å². The van der Waals surface area contributed by atoms with E-state index < -0.39 is 0 Å². The van der Waals surface area contributed by atoms with Crippen LogP contribution in [0.5, 0.6) is 0 Å². The Kier molecular flexibility index (Phi) is 3.82. The van der Waals surface area contributed by atoms with Crippen molar-refractivity contribution < 1.29 is 9.59 Å². The van der Waals surface area contributed by atoms with Crippen LogP contribution in [0.3, 0.4) is 0 Å². The lowest BCUT2D eigenvalue weighted by molar-refractivity contribution is 0.0680. The smallest absolute Gasteiger partial charge is 0.267 e. The monoisotopic (exact) mass is 294 g/mol. The molecule has 110 valence electrons. The minimum atomic E-state index is -0.249. The van der Waals surface area contributed by atoms with Gasteiger partial charge in [-0.05, 0) is 24.3 Å². The number of hydrazine groups is 1. The van der Waals surface area contributed by atoms with Crippen LogP contribution < -0.4 is 5.43 Å². The second-order valence-corrected chi connectivity index (χ2v) is 4.72. The van der Waals surface area contributed by atoms with Gasteiger partial charge in [-0.15, -0.1) is 0 Å². The number of nitrogens with zero attached hydrogens (tertiary/aromatic N) is 3. The highest BCUT2D eigenvalue weighted by Gasteiger charge is 2.22. The van der Waals surface area contributed by atoms with Crippen LogP contribution in [0, 0.1) is 0 Å². The van der Waals surface area contributed by atoms with E-state index in [1.165, 1.54) is 16.4 Å². The van der Waals surface area contributed by atoms with Gasteiger partial charge in [-0.25, -0.2) is 5.01 Å². The number of hydrogen-bond acceptors (Lipinski definition) is 4. The van der Waals surface area contributed by atoms with E-state index >= 15 is 0 Å². The minimum absolute atomic E-state index is 0.173. The van der Waals surface area contributed by atoms with Gasteiger partial charge >= 0.3 is 0 Å². The van der Waals surface area contributed by atoms with Crippen molar-refractivity contribution >= 4 is 18.2 Å². The first-order chi connectivity index (χ1) is 10.7. The Bertz CT molecular complexity index is 701. The Morgan fingerprint density at radius 2 is 1.50 bits per heavy atom. The zero-order valence-electron chi connectivity index (χ0n) is 11.7.